The van der Waals surface area contributed by atoms with Gasteiger partial charge in [0.2, 0.25) is 0 Å². The lowest BCUT2D eigenvalue weighted by molar-refractivity contribution is -0.0376. The monoisotopic (exact) mass is 244 g/mol. The predicted octanol–water partition coefficient (Wildman–Crippen LogP) is 3.50. The van der Waals surface area contributed by atoms with E-state index in [0.29, 0.717) is 11.3 Å². The van der Waals surface area contributed by atoms with Gasteiger partial charge in [-0.2, -0.15) is 0 Å². The van der Waals surface area contributed by atoms with E-state index >= 15 is 0 Å². The molecule has 2 rings (SSSR count). The van der Waals surface area contributed by atoms with Gasteiger partial charge in [-0.1, -0.05) is 30.9 Å². The van der Waals surface area contributed by atoms with E-state index in [0.717, 1.165) is 5.57 Å². The first kappa shape index (κ1) is 13.8. The Labute approximate surface area is 107 Å². The van der Waals surface area contributed by atoms with Gasteiger partial charge in [0.05, 0.1) is 0 Å². The highest BCUT2D eigenvalue weighted by molar-refractivity contribution is 5.93. The topological polar surface area (TPSA) is 35.5 Å². The van der Waals surface area contributed by atoms with Gasteiger partial charge in [-0.05, 0) is 19.1 Å². The summed E-state index contributed by atoms with van der Waals surface area (Å²) in [6, 6.07) is 7.02. The summed E-state index contributed by atoms with van der Waals surface area (Å²) in [7, 11) is 0. The summed E-state index contributed by atoms with van der Waals surface area (Å²) in [4.78, 5) is 11.7. The molecule has 0 bridgehead atoms. The van der Waals surface area contributed by atoms with E-state index in [1.165, 1.54) is 0 Å². The van der Waals surface area contributed by atoms with E-state index < -0.39 is 6.29 Å². The third-order valence-electron chi connectivity index (χ3n) is 2.40. The molecule has 0 saturated carbocycles. The summed E-state index contributed by atoms with van der Waals surface area (Å²) >= 11 is 0. The average molecular weight is 244 g/mol. The maximum atomic E-state index is 11.7. The number of allylic oxidation sites excluding steroid dienone is 1. The van der Waals surface area contributed by atoms with Gasteiger partial charge >= 0.3 is 5.97 Å². The molecule has 1 unspecified atom stereocenters. The van der Waals surface area contributed by atoms with Gasteiger partial charge in [0.1, 0.15) is 11.3 Å². The van der Waals surface area contributed by atoms with Crippen LogP contribution in [0.3, 0.4) is 0 Å². The minimum absolute atomic E-state index is 0.368. The summed E-state index contributed by atoms with van der Waals surface area (Å²) in [5.74, 6) is 0.179. The summed E-state index contributed by atoms with van der Waals surface area (Å²) in [5, 5.41) is 0. The molecule has 18 heavy (non-hydrogen) atoms. The number of hydrogen-bond donors (Lipinski definition) is 0. The molecule has 0 fully saturated rings. The molecule has 3 nitrogen and oxygen atoms in total. The zero-order valence-corrected chi connectivity index (χ0v) is 10.4. The highest BCUT2D eigenvalue weighted by atomic mass is 16.7. The molecule has 0 amide bonds. The lowest BCUT2D eigenvalue weighted by Gasteiger charge is -2.26. The fourth-order valence-corrected chi connectivity index (χ4v) is 1.52. The van der Waals surface area contributed by atoms with Crippen molar-refractivity contribution in [2.45, 2.75) is 13.2 Å². The van der Waals surface area contributed by atoms with E-state index in [1.54, 1.807) is 30.4 Å². The molecular formula is C15H16O3. The molecule has 1 aromatic carbocycles. The van der Waals surface area contributed by atoms with Gasteiger partial charge in [-0.3, -0.25) is 0 Å². The number of esters is 1. The molecule has 1 atom stereocenters. The first-order valence-electron chi connectivity index (χ1n) is 5.51. The molecule has 0 saturated heterocycles. The van der Waals surface area contributed by atoms with E-state index in [2.05, 4.69) is 19.7 Å². The van der Waals surface area contributed by atoms with Crippen LogP contribution in [0.25, 0.3) is 0 Å². The average Bonchev–Trinajstić information content (AvgIpc) is 2.42. The van der Waals surface area contributed by atoms with Crippen molar-refractivity contribution in [1.29, 1.82) is 0 Å². The van der Waals surface area contributed by atoms with Gasteiger partial charge in [0, 0.05) is 5.57 Å². The molecule has 1 aliphatic rings. The number of para-hydroxylation sites is 1. The van der Waals surface area contributed by atoms with Gasteiger partial charge in [0.25, 0.3) is 6.29 Å². The number of carbonyl (C=O) groups is 1. The first-order valence-corrected chi connectivity index (χ1v) is 5.51. The molecule has 1 aromatic rings. The van der Waals surface area contributed by atoms with Gasteiger partial charge < -0.3 is 9.47 Å². The first-order chi connectivity index (χ1) is 8.76. The van der Waals surface area contributed by atoms with Gasteiger partial charge in [-0.15, -0.1) is 13.2 Å². The Morgan fingerprint density at radius 1 is 1.28 bits per heavy atom. The molecule has 0 N–H and O–H groups in total. The predicted molar refractivity (Wildman–Crippen MR) is 71.5 cm³/mol. The smallest absolute Gasteiger partial charge is 0.345 e. The Kier molecular flexibility index (Phi) is 4.93. The van der Waals surface area contributed by atoms with Crippen LogP contribution in [0.1, 0.15) is 17.3 Å². The second kappa shape index (κ2) is 6.45. The lowest BCUT2D eigenvalue weighted by Crippen LogP contribution is -2.31. The fourth-order valence-electron chi connectivity index (χ4n) is 1.52. The van der Waals surface area contributed by atoms with Crippen molar-refractivity contribution in [1.82, 2.24) is 0 Å². The van der Waals surface area contributed by atoms with Crippen molar-refractivity contribution in [2.75, 3.05) is 0 Å². The Hall–Kier alpha value is -2.29. The van der Waals surface area contributed by atoms with Gasteiger partial charge in [0.15, 0.2) is 0 Å². The van der Waals surface area contributed by atoms with Crippen LogP contribution < -0.4 is 4.74 Å². The van der Waals surface area contributed by atoms with Crippen LogP contribution in [-0.2, 0) is 4.74 Å². The second-order valence-electron chi connectivity index (χ2n) is 3.34. The van der Waals surface area contributed by atoms with Crippen molar-refractivity contribution in [2.24, 2.45) is 0 Å². The second-order valence-corrected chi connectivity index (χ2v) is 3.34. The molecule has 0 radical (unpaired) electrons. The maximum Gasteiger partial charge on any atom is 0.345 e. The minimum atomic E-state index is -0.690. The third kappa shape index (κ3) is 2.69. The van der Waals surface area contributed by atoms with Crippen LogP contribution in [0, 0.1) is 0 Å². The summed E-state index contributed by atoms with van der Waals surface area (Å²) < 4.78 is 10.7. The van der Waals surface area contributed by atoms with Crippen molar-refractivity contribution >= 4 is 5.97 Å². The molecular weight excluding hydrogens is 228 g/mol. The van der Waals surface area contributed by atoms with Crippen LogP contribution in [0.15, 0.2) is 61.7 Å². The van der Waals surface area contributed by atoms with E-state index in [1.807, 2.05) is 13.0 Å². The largest absolute Gasteiger partial charge is 0.450 e. The molecule has 94 valence electrons. The molecule has 1 aliphatic heterocycles. The van der Waals surface area contributed by atoms with E-state index in [9.17, 15) is 4.79 Å². The number of cyclic esters (lactones) is 1. The van der Waals surface area contributed by atoms with Crippen LogP contribution in [0.4, 0.5) is 0 Å². The molecule has 3 heteroatoms. The minimum Gasteiger partial charge on any atom is -0.450 e. The van der Waals surface area contributed by atoms with Crippen LogP contribution in [-0.4, -0.2) is 12.3 Å². The highest BCUT2D eigenvalue weighted by Gasteiger charge is 2.28. The molecule has 0 aromatic heterocycles. The van der Waals surface area contributed by atoms with Crippen molar-refractivity contribution in [3.05, 3.63) is 67.3 Å². The number of rotatable bonds is 2. The zero-order chi connectivity index (χ0) is 13.5. The number of carbonyl (C=O) groups excluding carboxylic acids is 1. The normalized spacial score (nSPS) is 17.5. The number of ether oxygens (including phenoxy) is 2. The SMILES string of the molecule is C=C.C=C/C(=C\C)C1OC(=O)c2ccccc2O1. The molecule has 0 spiro atoms. The maximum absolute atomic E-state index is 11.7. The van der Waals surface area contributed by atoms with E-state index in [-0.39, 0.29) is 5.97 Å². The highest BCUT2D eigenvalue weighted by Crippen LogP contribution is 2.28. The van der Waals surface area contributed by atoms with Gasteiger partial charge in [-0.25, -0.2) is 4.79 Å². The Bertz CT molecular complexity index is 474. The number of fused-ring (bicyclic) bond motifs is 1. The van der Waals surface area contributed by atoms with Crippen LogP contribution >= 0.6 is 0 Å². The Morgan fingerprint density at radius 2 is 1.94 bits per heavy atom. The van der Waals surface area contributed by atoms with E-state index in [4.69, 9.17) is 9.47 Å². The van der Waals surface area contributed by atoms with Crippen molar-refractivity contribution in [3.63, 3.8) is 0 Å². The molecule has 1 heterocycles. The summed E-state index contributed by atoms with van der Waals surface area (Å²) in [5.41, 5.74) is 1.20. The quantitative estimate of drug-likeness (QED) is 0.454. The third-order valence-corrected chi connectivity index (χ3v) is 2.40. The Morgan fingerprint density at radius 3 is 2.56 bits per heavy atom. The van der Waals surface area contributed by atoms with Crippen LogP contribution in [0.2, 0.25) is 0 Å². The summed E-state index contributed by atoms with van der Waals surface area (Å²) in [6.07, 6.45) is 2.73. The van der Waals surface area contributed by atoms with Crippen molar-refractivity contribution < 1.29 is 14.3 Å². The van der Waals surface area contributed by atoms with Crippen molar-refractivity contribution in [3.8, 4) is 5.75 Å². The van der Waals surface area contributed by atoms with Crippen LogP contribution in [0.5, 0.6) is 5.75 Å². The fraction of sp³-hybridized carbons (Fsp3) is 0.133. The molecule has 0 aliphatic carbocycles. The number of benzene rings is 1. The summed E-state index contributed by atoms with van der Waals surface area (Å²) in [6.45, 7) is 11.5. The number of hydrogen-bond acceptors (Lipinski definition) is 3. The lowest BCUT2D eigenvalue weighted by atomic mass is 10.1. The zero-order valence-electron chi connectivity index (χ0n) is 10.4. The Balaban J connectivity index is 0.000000771. The standard InChI is InChI=1S/C13H12O3.C2H4/c1-3-9(4-2)13-15-11-8-6-5-7-10(11)12(14)16-13;1-2/h3-8,13H,1H2,2H3;1-2H2/b9-4+;.